The number of anilines is 2. The summed E-state index contributed by atoms with van der Waals surface area (Å²) in [7, 11) is 3.28. The second-order valence-electron chi connectivity index (χ2n) is 13.3. The van der Waals surface area contributed by atoms with Gasteiger partial charge < -0.3 is 35.2 Å². The Hall–Kier alpha value is -4.20. The second kappa shape index (κ2) is 10.9. The number of hydrogen-bond donors (Lipinski definition) is 3. The Kier molecular flexibility index (Phi) is 7.07. The third kappa shape index (κ3) is 4.93. The number of phenols is 1. The number of benzene rings is 1. The molecule has 1 aromatic carbocycles. The highest BCUT2D eigenvalue weighted by molar-refractivity contribution is 8.76. The lowest BCUT2D eigenvalue weighted by molar-refractivity contribution is -0.186. The Morgan fingerprint density at radius 1 is 1.08 bits per heavy atom. The van der Waals surface area contributed by atoms with Gasteiger partial charge in [0.15, 0.2) is 22.2 Å². The lowest BCUT2D eigenvalue weighted by Gasteiger charge is -2.52. The van der Waals surface area contributed by atoms with Gasteiger partial charge in [-0.25, -0.2) is 14.8 Å². The van der Waals surface area contributed by atoms with E-state index in [4.69, 9.17) is 30.1 Å². The molecule has 4 aromatic rings. The van der Waals surface area contributed by atoms with Crippen LogP contribution in [0.1, 0.15) is 49.1 Å². The van der Waals surface area contributed by atoms with E-state index in [0.29, 0.717) is 59.4 Å². The van der Waals surface area contributed by atoms with Crippen molar-refractivity contribution in [1.29, 1.82) is 0 Å². The summed E-state index contributed by atoms with van der Waals surface area (Å²) < 4.78 is 25.1. The summed E-state index contributed by atoms with van der Waals surface area (Å²) >= 11 is 0. The van der Waals surface area contributed by atoms with E-state index in [9.17, 15) is 14.7 Å². The predicted molar refractivity (Wildman–Crippen MR) is 185 cm³/mol. The summed E-state index contributed by atoms with van der Waals surface area (Å²) in [6.07, 6.45) is 6.90. The van der Waals surface area contributed by atoms with E-state index in [0.717, 1.165) is 16.7 Å². The van der Waals surface area contributed by atoms with E-state index >= 15 is 0 Å². The van der Waals surface area contributed by atoms with E-state index in [1.165, 1.54) is 6.07 Å². The number of aromatic hydroxyl groups is 1. The summed E-state index contributed by atoms with van der Waals surface area (Å²) in [5.41, 5.74) is 12.8. The van der Waals surface area contributed by atoms with Gasteiger partial charge in [-0.3, -0.25) is 4.79 Å². The molecule has 248 valence electrons. The number of pyridine rings is 2. The van der Waals surface area contributed by atoms with Gasteiger partial charge in [0.1, 0.15) is 39.9 Å². The van der Waals surface area contributed by atoms with Gasteiger partial charge in [-0.05, 0) is 63.5 Å². The van der Waals surface area contributed by atoms with Crippen molar-refractivity contribution in [2.75, 3.05) is 11.5 Å². The number of nitrogens with two attached hydrogens (primary N) is 2. The number of carbonyl (C=O) groups is 1. The summed E-state index contributed by atoms with van der Waals surface area (Å²) in [4.78, 5) is 35.9. The van der Waals surface area contributed by atoms with Crippen molar-refractivity contribution >= 4 is 50.2 Å². The molecule has 5 atom stereocenters. The van der Waals surface area contributed by atoms with Crippen molar-refractivity contribution in [2.24, 2.45) is 0 Å². The first-order chi connectivity index (χ1) is 22.9. The molecule has 0 amide bonds. The van der Waals surface area contributed by atoms with Gasteiger partial charge in [0, 0.05) is 58.9 Å². The van der Waals surface area contributed by atoms with Crippen LogP contribution in [0.4, 0.5) is 11.6 Å². The quantitative estimate of drug-likeness (QED) is 0.0926. The smallest absolute Gasteiger partial charge is 0.341 e. The first kappa shape index (κ1) is 31.1. The molecule has 5 aliphatic rings. The van der Waals surface area contributed by atoms with E-state index in [1.54, 1.807) is 47.7 Å². The first-order valence-corrected chi connectivity index (χ1v) is 18.1. The van der Waals surface area contributed by atoms with Crippen LogP contribution in [0, 0.1) is 6.92 Å². The maximum absolute atomic E-state index is 14.0. The maximum atomic E-state index is 14.0. The van der Waals surface area contributed by atoms with Crippen LogP contribution in [0.3, 0.4) is 0 Å². The third-order valence-corrected chi connectivity index (χ3v) is 12.6. The van der Waals surface area contributed by atoms with Crippen molar-refractivity contribution in [3.05, 3.63) is 81.4 Å². The molecule has 5 N–H and O–H groups in total. The van der Waals surface area contributed by atoms with Gasteiger partial charge in [0.25, 0.3) is 0 Å². The van der Waals surface area contributed by atoms with Crippen LogP contribution in [-0.4, -0.2) is 49.2 Å². The minimum absolute atomic E-state index is 0.0413. The topological polar surface area (TPSA) is 176 Å². The van der Waals surface area contributed by atoms with Crippen molar-refractivity contribution in [3.63, 3.8) is 0 Å². The molecule has 11 nitrogen and oxygen atoms in total. The fourth-order valence-corrected chi connectivity index (χ4v) is 9.88. The minimum Gasteiger partial charge on any atom is -0.507 e. The molecule has 1 spiro atoms. The summed E-state index contributed by atoms with van der Waals surface area (Å²) in [5.74, 6) is 1.42. The van der Waals surface area contributed by atoms with Crippen LogP contribution >= 0.6 is 21.6 Å². The lowest BCUT2D eigenvalue weighted by atomic mass is 9.70. The number of fused-ring (bicyclic) bond motifs is 6. The Morgan fingerprint density at radius 3 is 2.75 bits per heavy atom. The Labute approximate surface area is 283 Å². The van der Waals surface area contributed by atoms with E-state index < -0.39 is 22.8 Å². The van der Waals surface area contributed by atoms with Crippen LogP contribution in [0.25, 0.3) is 22.2 Å². The highest BCUT2D eigenvalue weighted by Crippen LogP contribution is 2.54. The number of aryl methyl sites for hydroxylation is 2. The van der Waals surface area contributed by atoms with Crippen LogP contribution in [0.2, 0.25) is 0 Å². The van der Waals surface area contributed by atoms with Gasteiger partial charge in [-0.1, -0.05) is 27.7 Å². The van der Waals surface area contributed by atoms with E-state index in [1.807, 2.05) is 37.3 Å². The third-order valence-electron chi connectivity index (χ3n) is 10.0. The number of epoxide rings is 1. The number of hydrogen-bond acceptors (Lipinski definition) is 13. The normalized spacial score (nSPS) is 29.4. The van der Waals surface area contributed by atoms with Crippen LogP contribution in [-0.2, 0) is 32.9 Å². The van der Waals surface area contributed by atoms with Crippen molar-refractivity contribution in [3.8, 4) is 22.8 Å². The van der Waals surface area contributed by atoms with Gasteiger partial charge in [0.05, 0.1) is 11.8 Å². The highest BCUT2D eigenvalue weighted by atomic mass is 33.1. The average molecular weight is 687 g/mol. The largest absolute Gasteiger partial charge is 0.507 e. The number of nitrogen functional groups attached to an aromatic ring is 2. The molecule has 4 bridgehead atoms. The molecular formula is C35H34N4O7S2. The van der Waals surface area contributed by atoms with Crippen molar-refractivity contribution < 1.29 is 28.5 Å². The van der Waals surface area contributed by atoms with Gasteiger partial charge >= 0.3 is 5.97 Å². The zero-order valence-corrected chi connectivity index (χ0v) is 28.2. The van der Waals surface area contributed by atoms with Gasteiger partial charge in [0.2, 0.25) is 0 Å². The molecule has 13 heteroatoms. The molecule has 4 aliphatic heterocycles. The number of ether oxygens (including phenoxy) is 3. The van der Waals surface area contributed by atoms with E-state index in [2.05, 4.69) is 9.97 Å². The van der Waals surface area contributed by atoms with Gasteiger partial charge in [-0.2, -0.15) is 0 Å². The molecule has 48 heavy (non-hydrogen) atoms. The molecule has 0 saturated carbocycles. The molecule has 1 saturated heterocycles. The predicted octanol–water partition coefficient (Wildman–Crippen LogP) is 5.42. The molecule has 9 rings (SSSR count). The zero-order chi connectivity index (χ0) is 33.6. The number of nitrogens with zero attached hydrogens (tertiary/aromatic N) is 2. The van der Waals surface area contributed by atoms with Crippen LogP contribution in [0.15, 0.2) is 57.9 Å². The molecule has 0 unspecified atom stereocenters. The number of aromatic nitrogens is 2. The Bertz CT molecular complexity index is 2120. The number of rotatable bonds is 0. The van der Waals surface area contributed by atoms with Crippen LogP contribution < -0.4 is 21.6 Å². The van der Waals surface area contributed by atoms with Crippen LogP contribution in [0.5, 0.6) is 11.5 Å². The first-order valence-electron chi connectivity index (χ1n) is 15.8. The molecule has 1 aliphatic carbocycles. The molecule has 0 radical (unpaired) electrons. The highest BCUT2D eigenvalue weighted by Gasteiger charge is 2.64. The van der Waals surface area contributed by atoms with Gasteiger partial charge in [-0.15, -0.1) is 0 Å². The molecule has 3 aromatic heterocycles. The summed E-state index contributed by atoms with van der Waals surface area (Å²) in [5, 5.41) is 11.5. The maximum Gasteiger partial charge on any atom is 0.341 e. The fraction of sp³-hybridized carbons (Fsp3) is 0.371. The molecular weight excluding hydrogens is 653 g/mol. The lowest BCUT2D eigenvalue weighted by Crippen LogP contribution is -2.64. The van der Waals surface area contributed by atoms with E-state index in [-0.39, 0.29) is 39.9 Å². The second-order valence-corrected chi connectivity index (χ2v) is 15.9. The Balaban J connectivity index is 1.21. The average Bonchev–Trinajstić information content (AvgIpc) is 3.70. The molecule has 1 fully saturated rings. The summed E-state index contributed by atoms with van der Waals surface area (Å²) in [6.45, 7) is 5.34. The minimum atomic E-state index is -1.30. The zero-order valence-electron chi connectivity index (χ0n) is 26.6. The number of esters is 1. The summed E-state index contributed by atoms with van der Waals surface area (Å²) in [6, 6.07) is 8.72. The van der Waals surface area contributed by atoms with Crippen molar-refractivity contribution in [2.45, 2.75) is 80.4 Å². The number of carbonyl (C=O) groups excluding carboxylic acids is 1. The number of phenolic OH excluding ortho intramolecular Hbond substituents is 1. The fourth-order valence-electron chi connectivity index (χ4n) is 7.20. The molecule has 7 heterocycles. The monoisotopic (exact) mass is 686 g/mol. The van der Waals surface area contributed by atoms with Crippen molar-refractivity contribution in [1.82, 2.24) is 9.97 Å². The standard InChI is InChI=1S/C35H34N4O7S2/c1-17-10-24(40)29-26(43-17)13-25-21(30(29)41)15-35-8-6-19(14-33(35,2)44-25)48-47-16-22-20(7-9-38-31(22)37)23-11-18(12-28(36)39-23)4-5-27-34(3,45-27)32(42)46-35/h6-13,19,27,41H,4-5,14-16H2,1-3H3,(H2,36,39)(H2,37,38)/t19-,27+,33-,34-,35+/m0/s1. The Morgan fingerprint density at radius 2 is 1.92 bits per heavy atom. The SMILES string of the molecule is Cc1cc(=O)c2c(O)c3c(cc2o1)O[C@@]1(C)C[C@@H]2C=C[C@]1(C3)OC(=O)[C@@]1(C)O[C@@H]1CCc1cc(N)nc(c1)-c1ccnc(N)c1CSS2.